The van der Waals surface area contributed by atoms with Gasteiger partial charge in [0.2, 0.25) is 0 Å². The molecule has 0 aliphatic rings. The number of benzene rings is 1. The number of aromatic nitrogens is 1. The van der Waals surface area contributed by atoms with Crippen molar-refractivity contribution in [1.82, 2.24) is 9.88 Å². The summed E-state index contributed by atoms with van der Waals surface area (Å²) in [5.41, 5.74) is 1.64. The highest BCUT2D eigenvalue weighted by molar-refractivity contribution is 6.35. The summed E-state index contributed by atoms with van der Waals surface area (Å²) in [6.07, 6.45) is 0.728. The Morgan fingerprint density at radius 2 is 2.18 bits per heavy atom. The number of para-hydroxylation sites is 1. The number of halogens is 1. The van der Waals surface area contributed by atoms with Gasteiger partial charge in [0.25, 0.3) is 5.56 Å². The van der Waals surface area contributed by atoms with Crippen molar-refractivity contribution in [2.24, 2.45) is 7.05 Å². The van der Waals surface area contributed by atoms with E-state index in [4.69, 9.17) is 11.6 Å². The maximum absolute atomic E-state index is 12.1. The Morgan fingerprint density at radius 3 is 2.88 bits per heavy atom. The van der Waals surface area contributed by atoms with Gasteiger partial charge < -0.3 is 9.88 Å². The van der Waals surface area contributed by atoms with Crippen LogP contribution in [-0.4, -0.2) is 18.2 Å². The summed E-state index contributed by atoms with van der Waals surface area (Å²) in [6.45, 7) is 0.793. The molecule has 0 spiro atoms. The molecule has 0 aliphatic carbocycles. The van der Waals surface area contributed by atoms with Gasteiger partial charge in [0.15, 0.2) is 0 Å². The van der Waals surface area contributed by atoms with Gasteiger partial charge in [-0.05, 0) is 32.1 Å². The smallest absolute Gasteiger partial charge is 0.254 e. The number of hydrogen-bond acceptors (Lipinski definition) is 2. The molecule has 0 bridgehead atoms. The Hall–Kier alpha value is -1.32. The van der Waals surface area contributed by atoms with Crippen molar-refractivity contribution < 1.29 is 0 Å². The van der Waals surface area contributed by atoms with Gasteiger partial charge in [-0.3, -0.25) is 4.79 Å². The molecule has 4 heteroatoms. The molecule has 0 fully saturated rings. The number of fused-ring (bicyclic) bond motifs is 1. The lowest BCUT2D eigenvalue weighted by atomic mass is 10.1. The van der Waals surface area contributed by atoms with Crippen molar-refractivity contribution in [2.45, 2.75) is 6.42 Å². The number of likely N-dealkylation sites (N-methyl/N-ethyl adjacent to an activating group) is 1. The van der Waals surface area contributed by atoms with Gasteiger partial charge in [-0.15, -0.1) is 0 Å². The van der Waals surface area contributed by atoms with Crippen LogP contribution in [0.4, 0.5) is 0 Å². The molecular weight excluding hydrogens is 236 g/mol. The van der Waals surface area contributed by atoms with Gasteiger partial charge in [-0.25, -0.2) is 0 Å². The molecule has 2 rings (SSSR count). The van der Waals surface area contributed by atoms with Crippen LogP contribution < -0.4 is 10.9 Å². The van der Waals surface area contributed by atoms with Crippen molar-refractivity contribution in [3.05, 3.63) is 45.2 Å². The van der Waals surface area contributed by atoms with Crippen molar-refractivity contribution in [2.75, 3.05) is 13.6 Å². The van der Waals surface area contributed by atoms with Gasteiger partial charge in [0.05, 0.1) is 10.5 Å². The third kappa shape index (κ3) is 2.21. The van der Waals surface area contributed by atoms with Gasteiger partial charge in [0.1, 0.15) is 0 Å². The number of aryl methyl sites for hydroxylation is 1. The summed E-state index contributed by atoms with van der Waals surface area (Å²) in [5, 5.41) is 4.67. The number of nitrogens with zero attached hydrogens (tertiary/aromatic N) is 1. The standard InChI is InChI=1S/C13H15ClN2O/c1-15-7-6-10-8-9-4-3-5-11(14)12(9)16(2)13(10)17/h3-5,8,15H,6-7H2,1-2H3. The van der Waals surface area contributed by atoms with Crippen molar-refractivity contribution in [3.63, 3.8) is 0 Å². The first-order valence-corrected chi connectivity index (χ1v) is 5.94. The van der Waals surface area contributed by atoms with E-state index in [0.29, 0.717) is 5.02 Å². The highest BCUT2D eigenvalue weighted by atomic mass is 35.5. The SMILES string of the molecule is CNCCc1cc2cccc(Cl)c2n(C)c1=O. The van der Waals surface area contributed by atoms with E-state index in [2.05, 4.69) is 5.32 Å². The van der Waals surface area contributed by atoms with Crippen LogP contribution in [0.2, 0.25) is 5.02 Å². The van der Waals surface area contributed by atoms with E-state index >= 15 is 0 Å². The van der Waals surface area contributed by atoms with Crippen molar-refractivity contribution >= 4 is 22.5 Å². The van der Waals surface area contributed by atoms with Gasteiger partial charge >= 0.3 is 0 Å². The average molecular weight is 251 g/mol. The average Bonchev–Trinajstić information content (AvgIpc) is 2.32. The topological polar surface area (TPSA) is 34.0 Å². The largest absolute Gasteiger partial charge is 0.319 e. The fourth-order valence-electron chi connectivity index (χ4n) is 2.01. The number of pyridine rings is 1. The zero-order valence-corrected chi connectivity index (χ0v) is 10.7. The van der Waals surface area contributed by atoms with Crippen molar-refractivity contribution in [1.29, 1.82) is 0 Å². The molecule has 0 unspecified atom stereocenters. The van der Waals surface area contributed by atoms with Crippen LogP contribution in [-0.2, 0) is 13.5 Å². The number of rotatable bonds is 3. The first-order chi connectivity index (χ1) is 8.15. The van der Waals surface area contributed by atoms with Gasteiger partial charge in [-0.1, -0.05) is 23.7 Å². The molecule has 1 aromatic heterocycles. The van der Waals surface area contributed by atoms with E-state index in [1.54, 1.807) is 17.7 Å². The minimum absolute atomic E-state index is 0.0286. The number of hydrogen-bond donors (Lipinski definition) is 1. The van der Waals surface area contributed by atoms with Crippen molar-refractivity contribution in [3.8, 4) is 0 Å². The van der Waals surface area contributed by atoms with E-state index in [-0.39, 0.29) is 5.56 Å². The minimum Gasteiger partial charge on any atom is -0.319 e. The maximum Gasteiger partial charge on any atom is 0.254 e. The molecule has 0 atom stereocenters. The normalized spacial score (nSPS) is 11.0. The summed E-state index contributed by atoms with van der Waals surface area (Å²) < 4.78 is 1.63. The second-order valence-corrected chi connectivity index (χ2v) is 4.47. The third-order valence-corrected chi connectivity index (χ3v) is 3.21. The van der Waals surface area contributed by atoms with Crippen LogP contribution in [0.3, 0.4) is 0 Å². The van der Waals surface area contributed by atoms with Gasteiger partial charge in [-0.2, -0.15) is 0 Å². The summed E-state index contributed by atoms with van der Waals surface area (Å²) in [5.74, 6) is 0. The molecule has 90 valence electrons. The van der Waals surface area contributed by atoms with Crippen LogP contribution in [0.5, 0.6) is 0 Å². The summed E-state index contributed by atoms with van der Waals surface area (Å²) >= 11 is 6.12. The van der Waals surface area contributed by atoms with Crippen LogP contribution in [0.1, 0.15) is 5.56 Å². The molecule has 3 nitrogen and oxygen atoms in total. The fraction of sp³-hybridized carbons (Fsp3) is 0.308. The predicted molar refractivity (Wildman–Crippen MR) is 71.8 cm³/mol. The second-order valence-electron chi connectivity index (χ2n) is 4.06. The Bertz CT molecular complexity index is 604. The molecule has 0 amide bonds. The quantitative estimate of drug-likeness (QED) is 0.904. The van der Waals surface area contributed by atoms with Crippen LogP contribution in [0.25, 0.3) is 10.9 Å². The molecular formula is C13H15ClN2O. The van der Waals surface area contributed by atoms with E-state index in [1.165, 1.54) is 0 Å². The van der Waals surface area contributed by atoms with Crippen LogP contribution in [0, 0.1) is 0 Å². The molecule has 1 aromatic carbocycles. The molecule has 0 aliphatic heterocycles. The molecule has 0 radical (unpaired) electrons. The van der Waals surface area contributed by atoms with E-state index < -0.39 is 0 Å². The summed E-state index contributed by atoms with van der Waals surface area (Å²) in [4.78, 5) is 12.1. The first-order valence-electron chi connectivity index (χ1n) is 5.57. The number of nitrogens with one attached hydrogen (secondary N) is 1. The van der Waals surface area contributed by atoms with E-state index in [9.17, 15) is 4.79 Å². The zero-order chi connectivity index (χ0) is 12.4. The Labute approximate surface area is 105 Å². The molecule has 0 saturated carbocycles. The molecule has 17 heavy (non-hydrogen) atoms. The Morgan fingerprint density at radius 1 is 1.41 bits per heavy atom. The highest BCUT2D eigenvalue weighted by Gasteiger charge is 2.08. The fourth-order valence-corrected chi connectivity index (χ4v) is 2.32. The summed E-state index contributed by atoms with van der Waals surface area (Å²) in [7, 11) is 3.64. The zero-order valence-electron chi connectivity index (χ0n) is 9.96. The first kappa shape index (κ1) is 12.1. The second kappa shape index (κ2) is 4.90. The van der Waals surface area contributed by atoms with Gasteiger partial charge in [0, 0.05) is 18.0 Å². The third-order valence-electron chi connectivity index (χ3n) is 2.91. The minimum atomic E-state index is 0.0286. The summed E-state index contributed by atoms with van der Waals surface area (Å²) in [6, 6.07) is 7.61. The molecule has 1 heterocycles. The lowest BCUT2D eigenvalue weighted by Gasteiger charge is -2.09. The lowest BCUT2D eigenvalue weighted by molar-refractivity contribution is 0.772. The molecule has 0 saturated heterocycles. The van der Waals surface area contributed by atoms with E-state index in [1.807, 2.05) is 25.2 Å². The van der Waals surface area contributed by atoms with Crippen LogP contribution in [0.15, 0.2) is 29.1 Å². The van der Waals surface area contributed by atoms with Crippen LogP contribution >= 0.6 is 11.6 Å². The maximum atomic E-state index is 12.1. The monoisotopic (exact) mass is 250 g/mol. The van der Waals surface area contributed by atoms with E-state index in [0.717, 1.165) is 29.4 Å². The Kier molecular flexibility index (Phi) is 3.50. The predicted octanol–water partition coefficient (Wildman–Crippen LogP) is 1.95. The molecule has 1 N–H and O–H groups in total. The Balaban J connectivity index is 2.67. The lowest BCUT2D eigenvalue weighted by Crippen LogP contribution is -2.24. The highest BCUT2D eigenvalue weighted by Crippen LogP contribution is 2.22. The molecule has 2 aromatic rings.